The van der Waals surface area contributed by atoms with Crippen molar-refractivity contribution in [2.75, 3.05) is 24.5 Å². The zero-order valence-corrected chi connectivity index (χ0v) is 11.8. The zero-order chi connectivity index (χ0) is 13.9. The van der Waals surface area contributed by atoms with Crippen molar-refractivity contribution in [1.82, 2.24) is 4.90 Å². The van der Waals surface area contributed by atoms with Crippen LogP contribution in [0.5, 0.6) is 0 Å². The molecule has 1 N–H and O–H groups in total. The van der Waals surface area contributed by atoms with Gasteiger partial charge in [-0.3, -0.25) is 4.79 Å². The van der Waals surface area contributed by atoms with Gasteiger partial charge in [0.15, 0.2) is 0 Å². The summed E-state index contributed by atoms with van der Waals surface area (Å²) in [6.07, 6.45) is 3.58. The maximum Gasteiger partial charge on any atom is 0.225 e. The van der Waals surface area contributed by atoms with E-state index in [9.17, 15) is 9.90 Å². The first-order chi connectivity index (χ1) is 9.74. The highest BCUT2D eigenvalue weighted by Crippen LogP contribution is 2.26. The second kappa shape index (κ2) is 5.83. The number of carbonyl (C=O) groups excluding carboxylic acids is 1. The Morgan fingerprint density at radius 1 is 1.15 bits per heavy atom. The number of likely N-dealkylation sites (tertiary alicyclic amines) is 1. The molecule has 0 saturated carbocycles. The van der Waals surface area contributed by atoms with Crippen LogP contribution in [0.3, 0.4) is 0 Å². The zero-order valence-electron chi connectivity index (χ0n) is 11.8. The van der Waals surface area contributed by atoms with Crippen LogP contribution in [0, 0.1) is 0 Å². The first-order valence-electron chi connectivity index (χ1n) is 7.53. The SMILES string of the molecule is O=C1CC(O)CN1Cc1ccccc1N1CCCCC1. The molecule has 108 valence electrons. The van der Waals surface area contributed by atoms with Crippen molar-refractivity contribution in [3.8, 4) is 0 Å². The van der Waals surface area contributed by atoms with Crippen molar-refractivity contribution in [2.24, 2.45) is 0 Å². The van der Waals surface area contributed by atoms with Gasteiger partial charge in [0.05, 0.1) is 12.5 Å². The minimum atomic E-state index is -0.496. The number of aliphatic hydroxyl groups excluding tert-OH is 1. The van der Waals surface area contributed by atoms with Gasteiger partial charge in [0, 0.05) is 31.9 Å². The molecule has 2 saturated heterocycles. The topological polar surface area (TPSA) is 43.8 Å². The molecule has 1 aromatic rings. The van der Waals surface area contributed by atoms with E-state index in [2.05, 4.69) is 23.1 Å². The van der Waals surface area contributed by atoms with E-state index in [4.69, 9.17) is 0 Å². The minimum Gasteiger partial charge on any atom is -0.391 e. The van der Waals surface area contributed by atoms with Crippen LogP contribution in [0.1, 0.15) is 31.2 Å². The molecule has 0 bridgehead atoms. The van der Waals surface area contributed by atoms with Crippen molar-refractivity contribution < 1.29 is 9.90 Å². The molecule has 0 radical (unpaired) electrons. The van der Waals surface area contributed by atoms with Gasteiger partial charge in [0.2, 0.25) is 5.91 Å². The summed E-state index contributed by atoms with van der Waals surface area (Å²) >= 11 is 0. The van der Waals surface area contributed by atoms with Crippen LogP contribution >= 0.6 is 0 Å². The Bertz CT molecular complexity index is 483. The maximum atomic E-state index is 11.8. The van der Waals surface area contributed by atoms with E-state index < -0.39 is 6.10 Å². The predicted molar refractivity (Wildman–Crippen MR) is 78.5 cm³/mol. The lowest BCUT2D eigenvalue weighted by atomic mass is 10.1. The van der Waals surface area contributed by atoms with Gasteiger partial charge < -0.3 is 14.9 Å². The highest BCUT2D eigenvalue weighted by molar-refractivity contribution is 5.79. The molecule has 3 rings (SSSR count). The van der Waals surface area contributed by atoms with Crippen molar-refractivity contribution in [3.63, 3.8) is 0 Å². The summed E-state index contributed by atoms with van der Waals surface area (Å²) in [5.41, 5.74) is 2.44. The number of piperidine rings is 1. The van der Waals surface area contributed by atoms with Gasteiger partial charge >= 0.3 is 0 Å². The monoisotopic (exact) mass is 274 g/mol. The van der Waals surface area contributed by atoms with Gasteiger partial charge in [-0.15, -0.1) is 0 Å². The summed E-state index contributed by atoms with van der Waals surface area (Å²) in [6.45, 7) is 3.29. The first kappa shape index (κ1) is 13.4. The van der Waals surface area contributed by atoms with E-state index >= 15 is 0 Å². The average Bonchev–Trinajstić information content (AvgIpc) is 2.78. The largest absolute Gasteiger partial charge is 0.391 e. The molecule has 1 atom stereocenters. The highest BCUT2D eigenvalue weighted by Gasteiger charge is 2.28. The number of carbonyl (C=O) groups is 1. The molecule has 4 nitrogen and oxygen atoms in total. The standard InChI is InChI=1S/C16H22N2O2/c19-14-10-16(20)18(12-14)11-13-6-2-3-7-15(13)17-8-4-1-5-9-17/h2-3,6-7,14,19H,1,4-5,8-12H2. The number of para-hydroxylation sites is 1. The lowest BCUT2D eigenvalue weighted by Gasteiger charge is -2.31. The van der Waals surface area contributed by atoms with Crippen LogP contribution < -0.4 is 4.90 Å². The number of amides is 1. The third-order valence-electron chi connectivity index (χ3n) is 4.24. The molecule has 0 spiro atoms. The van der Waals surface area contributed by atoms with Crippen molar-refractivity contribution >= 4 is 11.6 Å². The fourth-order valence-corrected chi connectivity index (χ4v) is 3.20. The number of hydrogen-bond donors (Lipinski definition) is 1. The van der Waals surface area contributed by atoms with Crippen molar-refractivity contribution in [1.29, 1.82) is 0 Å². The molecule has 1 amide bonds. The number of benzene rings is 1. The molecule has 2 aliphatic rings. The molecule has 1 unspecified atom stereocenters. The van der Waals surface area contributed by atoms with Gasteiger partial charge in [0.25, 0.3) is 0 Å². The Morgan fingerprint density at radius 2 is 1.90 bits per heavy atom. The first-order valence-corrected chi connectivity index (χ1v) is 7.53. The summed E-state index contributed by atoms with van der Waals surface area (Å²) in [5.74, 6) is 0.0611. The Kier molecular flexibility index (Phi) is 3.92. The molecule has 2 aliphatic heterocycles. The number of β-amino-alcohol motifs (C(OH)–C–C–N with tert-alkyl or cyclic N) is 1. The summed E-state index contributed by atoms with van der Waals surface area (Å²) in [7, 11) is 0. The summed E-state index contributed by atoms with van der Waals surface area (Å²) in [4.78, 5) is 16.0. The maximum absolute atomic E-state index is 11.8. The third-order valence-corrected chi connectivity index (χ3v) is 4.24. The van der Waals surface area contributed by atoms with Crippen molar-refractivity contribution in [2.45, 2.75) is 38.3 Å². The quantitative estimate of drug-likeness (QED) is 0.913. The average molecular weight is 274 g/mol. The third kappa shape index (κ3) is 2.80. The van der Waals surface area contributed by atoms with Gasteiger partial charge in [-0.1, -0.05) is 18.2 Å². The van der Waals surface area contributed by atoms with Gasteiger partial charge in [-0.05, 0) is 30.9 Å². The molecule has 0 aliphatic carbocycles. The smallest absolute Gasteiger partial charge is 0.225 e. The van der Waals surface area contributed by atoms with E-state index in [0.717, 1.165) is 13.1 Å². The summed E-state index contributed by atoms with van der Waals surface area (Å²) < 4.78 is 0. The van der Waals surface area contributed by atoms with Gasteiger partial charge in [-0.25, -0.2) is 0 Å². The van der Waals surface area contributed by atoms with E-state index in [1.807, 2.05) is 6.07 Å². The van der Waals surface area contributed by atoms with Gasteiger partial charge in [0.1, 0.15) is 0 Å². The lowest BCUT2D eigenvalue weighted by Crippen LogP contribution is -2.32. The molecular weight excluding hydrogens is 252 g/mol. The lowest BCUT2D eigenvalue weighted by molar-refractivity contribution is -0.128. The Hall–Kier alpha value is -1.55. The van der Waals surface area contributed by atoms with E-state index in [0.29, 0.717) is 13.1 Å². The highest BCUT2D eigenvalue weighted by atomic mass is 16.3. The fraction of sp³-hybridized carbons (Fsp3) is 0.562. The van der Waals surface area contributed by atoms with E-state index in [-0.39, 0.29) is 12.3 Å². The molecular formula is C16H22N2O2. The van der Waals surface area contributed by atoms with Crippen LogP contribution in [0.4, 0.5) is 5.69 Å². The van der Waals surface area contributed by atoms with E-state index in [1.54, 1.807) is 4.90 Å². The van der Waals surface area contributed by atoms with Gasteiger partial charge in [-0.2, -0.15) is 0 Å². The fourth-order valence-electron chi connectivity index (χ4n) is 3.20. The normalized spacial score (nSPS) is 23.4. The molecule has 0 aromatic heterocycles. The Balaban J connectivity index is 1.77. The molecule has 2 heterocycles. The number of aliphatic hydroxyl groups is 1. The van der Waals surface area contributed by atoms with Crippen molar-refractivity contribution in [3.05, 3.63) is 29.8 Å². The summed E-state index contributed by atoms with van der Waals surface area (Å²) in [5, 5.41) is 9.59. The predicted octanol–water partition coefficient (Wildman–Crippen LogP) is 1.77. The Morgan fingerprint density at radius 3 is 2.60 bits per heavy atom. The number of hydrogen-bond acceptors (Lipinski definition) is 3. The van der Waals surface area contributed by atoms with Crippen LogP contribution in [-0.4, -0.2) is 41.7 Å². The van der Waals surface area contributed by atoms with Crippen LogP contribution in [0.2, 0.25) is 0 Å². The minimum absolute atomic E-state index is 0.0611. The summed E-state index contributed by atoms with van der Waals surface area (Å²) in [6, 6.07) is 8.34. The molecule has 2 fully saturated rings. The number of rotatable bonds is 3. The van der Waals surface area contributed by atoms with Crippen LogP contribution in [-0.2, 0) is 11.3 Å². The molecule has 20 heavy (non-hydrogen) atoms. The molecule has 1 aromatic carbocycles. The second-order valence-electron chi connectivity index (χ2n) is 5.81. The number of anilines is 1. The Labute approximate surface area is 120 Å². The molecule has 4 heteroatoms. The number of nitrogens with zero attached hydrogens (tertiary/aromatic N) is 2. The van der Waals surface area contributed by atoms with Crippen LogP contribution in [0.25, 0.3) is 0 Å². The van der Waals surface area contributed by atoms with E-state index in [1.165, 1.54) is 30.5 Å². The second-order valence-corrected chi connectivity index (χ2v) is 5.81. The van der Waals surface area contributed by atoms with Crippen LogP contribution in [0.15, 0.2) is 24.3 Å².